The number of carbonyl (C=O) groups excluding carboxylic acids is 1. The number of carbonyl (C=O) groups is 1. The molecule has 1 amide bonds. The molecule has 5 rings (SSSR count). The molecule has 2 bridgehead atoms. The molecular weight excluding hydrogens is 272 g/mol. The average molecular weight is 296 g/mol. The molecule has 1 spiro atoms. The number of hydrazine groups is 1. The van der Waals surface area contributed by atoms with Crippen LogP contribution in [0.1, 0.15) is 46.5 Å². The number of ether oxygens (including phenoxy) is 1. The van der Waals surface area contributed by atoms with Crippen LogP contribution in [-0.4, -0.2) is 28.5 Å². The minimum Gasteiger partial charge on any atom is -0.319 e. The van der Waals surface area contributed by atoms with Gasteiger partial charge in [-0.25, -0.2) is 20.6 Å². The number of piperidine rings is 1. The van der Waals surface area contributed by atoms with Gasteiger partial charge >= 0.3 is 0 Å². The van der Waals surface area contributed by atoms with Crippen LogP contribution in [0, 0.1) is 23.7 Å². The number of nitrogens with zero attached hydrogens (tertiary/aromatic N) is 1. The first-order valence-corrected chi connectivity index (χ1v) is 8.01. The second-order valence-corrected chi connectivity index (χ2v) is 7.46. The summed E-state index contributed by atoms with van der Waals surface area (Å²) in [5.41, 5.74) is -0.615. The topological polar surface area (TPSA) is 74.0 Å². The second-order valence-electron chi connectivity index (χ2n) is 7.46. The van der Waals surface area contributed by atoms with E-state index < -0.39 is 17.6 Å². The fraction of sp³-hybridized carbons (Fsp3) is 0.933. The quantitative estimate of drug-likeness (QED) is 0.417. The van der Waals surface area contributed by atoms with E-state index in [1.165, 1.54) is 5.01 Å². The van der Waals surface area contributed by atoms with Gasteiger partial charge in [0, 0.05) is 18.3 Å². The summed E-state index contributed by atoms with van der Waals surface area (Å²) in [6, 6.07) is 0. The van der Waals surface area contributed by atoms with Gasteiger partial charge in [-0.05, 0) is 38.0 Å². The summed E-state index contributed by atoms with van der Waals surface area (Å²) in [5, 5.41) is 1.26. The van der Waals surface area contributed by atoms with Crippen molar-refractivity contribution in [2.45, 2.75) is 64.1 Å². The van der Waals surface area contributed by atoms with E-state index in [0.717, 1.165) is 25.7 Å². The Bertz CT molecular complexity index is 486. The number of fused-ring (bicyclic) bond motifs is 2. The summed E-state index contributed by atoms with van der Waals surface area (Å²) < 4.78 is 6.14. The first kappa shape index (κ1) is 13.9. The fourth-order valence-corrected chi connectivity index (χ4v) is 5.09. The maximum Gasteiger partial charge on any atom is 0.242 e. The minimum absolute atomic E-state index is 0.0521. The number of rotatable bonds is 0. The molecule has 4 aliphatic heterocycles. The highest BCUT2D eigenvalue weighted by atomic mass is 17.3. The SMILES string of the molecule is C[C@@H]1CC[C@H]2[C@@H](C)C(=O)N(N)[C@@H]3O[C@]4(C)CC[C@@H]1[C@@]23OO4. The van der Waals surface area contributed by atoms with E-state index in [-0.39, 0.29) is 17.7 Å². The Morgan fingerprint density at radius 2 is 1.95 bits per heavy atom. The predicted molar refractivity (Wildman–Crippen MR) is 73.0 cm³/mol. The van der Waals surface area contributed by atoms with Crippen LogP contribution >= 0.6 is 0 Å². The minimum atomic E-state index is -0.810. The Morgan fingerprint density at radius 3 is 2.71 bits per heavy atom. The highest BCUT2D eigenvalue weighted by Gasteiger charge is 2.70. The molecule has 0 aromatic carbocycles. The Kier molecular flexibility index (Phi) is 2.78. The average Bonchev–Trinajstić information content (AvgIpc) is 2.69. The summed E-state index contributed by atoms with van der Waals surface area (Å²) in [5.74, 6) is 6.03. The van der Waals surface area contributed by atoms with Crippen molar-refractivity contribution >= 4 is 5.91 Å². The Balaban J connectivity index is 1.87. The predicted octanol–water partition coefficient (Wildman–Crippen LogP) is 1.55. The lowest BCUT2D eigenvalue weighted by molar-refractivity contribution is -0.548. The van der Waals surface area contributed by atoms with Crippen molar-refractivity contribution in [2.75, 3.05) is 0 Å². The van der Waals surface area contributed by atoms with Gasteiger partial charge in [-0.3, -0.25) is 4.79 Å². The zero-order valence-electron chi connectivity index (χ0n) is 12.9. The molecule has 0 radical (unpaired) electrons. The van der Waals surface area contributed by atoms with E-state index in [4.69, 9.17) is 20.4 Å². The van der Waals surface area contributed by atoms with Crippen molar-refractivity contribution in [3.8, 4) is 0 Å². The van der Waals surface area contributed by atoms with E-state index in [0.29, 0.717) is 11.8 Å². The molecule has 7 atom stereocenters. The first-order chi connectivity index (χ1) is 9.89. The van der Waals surface area contributed by atoms with Crippen LogP contribution in [0.25, 0.3) is 0 Å². The van der Waals surface area contributed by atoms with Crippen molar-refractivity contribution in [3.63, 3.8) is 0 Å². The molecule has 21 heavy (non-hydrogen) atoms. The lowest BCUT2D eigenvalue weighted by Crippen LogP contribution is -2.76. The van der Waals surface area contributed by atoms with E-state index >= 15 is 0 Å². The van der Waals surface area contributed by atoms with Gasteiger partial charge in [0.05, 0.1) is 0 Å². The molecular formula is C15H24N2O4. The van der Waals surface area contributed by atoms with Gasteiger partial charge in [0.15, 0.2) is 11.8 Å². The summed E-state index contributed by atoms with van der Waals surface area (Å²) in [7, 11) is 0. The van der Waals surface area contributed by atoms with Gasteiger partial charge in [-0.1, -0.05) is 13.8 Å². The van der Waals surface area contributed by atoms with Crippen molar-refractivity contribution in [2.24, 2.45) is 29.5 Å². The number of amides is 1. The van der Waals surface area contributed by atoms with Crippen molar-refractivity contribution in [1.82, 2.24) is 5.01 Å². The normalized spacial score (nSPS) is 56.1. The van der Waals surface area contributed by atoms with Crippen LogP contribution in [0.2, 0.25) is 0 Å². The molecule has 5 aliphatic rings. The highest BCUT2D eigenvalue weighted by molar-refractivity contribution is 5.80. The summed E-state index contributed by atoms with van der Waals surface area (Å²) in [6.45, 7) is 6.08. The zero-order valence-corrected chi connectivity index (χ0v) is 12.9. The molecule has 1 aliphatic carbocycles. The molecule has 6 nitrogen and oxygen atoms in total. The van der Waals surface area contributed by atoms with Crippen molar-refractivity contribution in [3.05, 3.63) is 0 Å². The number of hydrogen-bond donors (Lipinski definition) is 1. The van der Waals surface area contributed by atoms with Gasteiger partial charge in [0.2, 0.25) is 11.7 Å². The fourth-order valence-electron chi connectivity index (χ4n) is 5.09. The van der Waals surface area contributed by atoms with Crippen LogP contribution in [0.4, 0.5) is 0 Å². The van der Waals surface area contributed by atoms with Crippen LogP contribution in [0.3, 0.4) is 0 Å². The largest absolute Gasteiger partial charge is 0.319 e. The molecule has 5 fully saturated rings. The molecule has 2 N–H and O–H groups in total. The van der Waals surface area contributed by atoms with Gasteiger partial charge < -0.3 is 4.74 Å². The van der Waals surface area contributed by atoms with E-state index in [1.54, 1.807) is 0 Å². The maximum atomic E-state index is 12.5. The van der Waals surface area contributed by atoms with Crippen LogP contribution in [-0.2, 0) is 19.3 Å². The third-order valence-corrected chi connectivity index (χ3v) is 6.30. The zero-order chi connectivity index (χ0) is 15.0. The van der Waals surface area contributed by atoms with Crippen LogP contribution in [0.5, 0.6) is 0 Å². The lowest BCUT2D eigenvalue weighted by atomic mass is 9.57. The molecule has 4 heterocycles. The third-order valence-electron chi connectivity index (χ3n) is 6.30. The van der Waals surface area contributed by atoms with Crippen molar-refractivity contribution in [1.29, 1.82) is 0 Å². The Labute approximate surface area is 124 Å². The second kappa shape index (κ2) is 4.19. The maximum absolute atomic E-state index is 12.5. The van der Waals surface area contributed by atoms with Crippen LogP contribution < -0.4 is 5.84 Å². The highest BCUT2D eigenvalue weighted by Crippen LogP contribution is 2.59. The molecule has 0 aromatic heterocycles. The van der Waals surface area contributed by atoms with E-state index in [1.807, 2.05) is 13.8 Å². The monoisotopic (exact) mass is 296 g/mol. The Morgan fingerprint density at radius 1 is 1.19 bits per heavy atom. The molecule has 118 valence electrons. The van der Waals surface area contributed by atoms with Gasteiger partial charge in [-0.2, -0.15) is 0 Å². The molecule has 0 aromatic rings. The van der Waals surface area contributed by atoms with E-state index in [9.17, 15) is 4.79 Å². The van der Waals surface area contributed by atoms with E-state index in [2.05, 4.69) is 6.92 Å². The van der Waals surface area contributed by atoms with Gasteiger partial charge in [0.1, 0.15) is 0 Å². The lowest BCUT2D eigenvalue weighted by Gasteiger charge is -2.60. The molecule has 1 saturated carbocycles. The first-order valence-electron chi connectivity index (χ1n) is 8.01. The Hall–Kier alpha value is -0.690. The van der Waals surface area contributed by atoms with Gasteiger partial charge in [-0.15, -0.1) is 0 Å². The third kappa shape index (κ3) is 1.59. The standard InChI is InChI=1S/C15H24N2O4/c1-8-4-5-11-9(2)12(18)17(16)13-15(11)10(8)6-7-14(3,19-13)20-21-15/h8-11,13H,4-7,16H2,1-3H3/t8-,9-,10+,11+,13-,14+,15-/m1/s1. The van der Waals surface area contributed by atoms with Gasteiger partial charge in [0.25, 0.3) is 0 Å². The van der Waals surface area contributed by atoms with Crippen LogP contribution in [0.15, 0.2) is 0 Å². The smallest absolute Gasteiger partial charge is 0.242 e. The molecule has 6 heteroatoms. The summed E-state index contributed by atoms with van der Waals surface area (Å²) in [6.07, 6.45) is 3.29. The molecule has 4 saturated heterocycles. The van der Waals surface area contributed by atoms with Crippen molar-refractivity contribution < 1.29 is 19.3 Å². The molecule has 0 unspecified atom stereocenters. The number of nitrogens with two attached hydrogens (primary N) is 1. The number of hydrogen-bond acceptors (Lipinski definition) is 5. The summed E-state index contributed by atoms with van der Waals surface area (Å²) in [4.78, 5) is 24.2. The summed E-state index contributed by atoms with van der Waals surface area (Å²) >= 11 is 0.